The fourth-order valence-corrected chi connectivity index (χ4v) is 4.04. The summed E-state index contributed by atoms with van der Waals surface area (Å²) in [6.07, 6.45) is 3.91. The monoisotopic (exact) mass is 414 g/mol. The van der Waals surface area contributed by atoms with Gasteiger partial charge in [0.05, 0.1) is 12.5 Å². The molecular formula is C24H31ClN2O2. The molecule has 156 valence electrons. The molecular weight excluding hydrogens is 384 g/mol. The summed E-state index contributed by atoms with van der Waals surface area (Å²) < 4.78 is 5.47. The van der Waals surface area contributed by atoms with Gasteiger partial charge in [0.25, 0.3) is 0 Å². The Balaban J connectivity index is 1.39. The van der Waals surface area contributed by atoms with Crippen molar-refractivity contribution in [2.75, 3.05) is 26.2 Å². The first-order valence-electron chi connectivity index (χ1n) is 10.6. The van der Waals surface area contributed by atoms with E-state index in [0.717, 1.165) is 61.7 Å². The Hall–Kier alpha value is -2.04. The van der Waals surface area contributed by atoms with E-state index >= 15 is 0 Å². The molecule has 1 aliphatic heterocycles. The van der Waals surface area contributed by atoms with Crippen molar-refractivity contribution >= 4 is 17.5 Å². The van der Waals surface area contributed by atoms with E-state index in [1.807, 2.05) is 37.3 Å². The molecule has 0 aromatic heterocycles. The van der Waals surface area contributed by atoms with E-state index in [1.54, 1.807) is 0 Å². The van der Waals surface area contributed by atoms with E-state index in [9.17, 15) is 4.79 Å². The number of nitrogens with zero attached hydrogens (tertiary/aromatic N) is 1. The van der Waals surface area contributed by atoms with Crippen LogP contribution in [0.15, 0.2) is 48.5 Å². The van der Waals surface area contributed by atoms with Crippen LogP contribution in [0.5, 0.6) is 5.75 Å². The fourth-order valence-electron chi connectivity index (χ4n) is 3.85. The maximum Gasteiger partial charge on any atom is 0.224 e. The van der Waals surface area contributed by atoms with Gasteiger partial charge in [-0.15, -0.1) is 0 Å². The zero-order valence-corrected chi connectivity index (χ0v) is 18.0. The van der Waals surface area contributed by atoms with Crippen LogP contribution in [0.3, 0.4) is 0 Å². The first kappa shape index (κ1) is 21.7. The van der Waals surface area contributed by atoms with Crippen LogP contribution < -0.4 is 10.1 Å². The number of hydrogen-bond acceptors (Lipinski definition) is 3. The van der Waals surface area contributed by atoms with Crippen molar-refractivity contribution in [2.24, 2.45) is 5.92 Å². The molecule has 2 aromatic rings. The molecule has 3 rings (SSSR count). The highest BCUT2D eigenvalue weighted by atomic mass is 35.5. The van der Waals surface area contributed by atoms with Crippen LogP contribution in [-0.2, 0) is 17.8 Å². The summed E-state index contributed by atoms with van der Waals surface area (Å²) in [6.45, 7) is 6.01. The van der Waals surface area contributed by atoms with Crippen LogP contribution in [0.4, 0.5) is 0 Å². The molecule has 2 aromatic carbocycles. The largest absolute Gasteiger partial charge is 0.494 e. The molecule has 1 amide bonds. The van der Waals surface area contributed by atoms with Gasteiger partial charge >= 0.3 is 0 Å². The molecule has 0 bridgehead atoms. The quantitative estimate of drug-likeness (QED) is 0.604. The van der Waals surface area contributed by atoms with Crippen molar-refractivity contribution in [3.63, 3.8) is 0 Å². The third-order valence-electron chi connectivity index (χ3n) is 5.40. The SMILES string of the molecule is CCOc1ccc(CCCNC(=O)C2CCCN(Cc3ccccc3Cl)C2)cc1. The first-order chi connectivity index (χ1) is 14.2. The zero-order chi connectivity index (χ0) is 20.5. The molecule has 0 radical (unpaired) electrons. The Labute approximate surface area is 179 Å². The third-order valence-corrected chi connectivity index (χ3v) is 5.77. The fraction of sp³-hybridized carbons (Fsp3) is 0.458. The van der Waals surface area contributed by atoms with Gasteiger partial charge in [-0.2, -0.15) is 0 Å². The molecule has 0 saturated carbocycles. The van der Waals surface area contributed by atoms with Crippen molar-refractivity contribution in [3.05, 3.63) is 64.7 Å². The molecule has 1 unspecified atom stereocenters. The number of piperidine rings is 1. The van der Waals surface area contributed by atoms with Crippen LogP contribution >= 0.6 is 11.6 Å². The Morgan fingerprint density at radius 2 is 2.00 bits per heavy atom. The molecule has 1 saturated heterocycles. The summed E-state index contributed by atoms with van der Waals surface area (Å²) in [6, 6.07) is 16.2. The minimum Gasteiger partial charge on any atom is -0.494 e. The summed E-state index contributed by atoms with van der Waals surface area (Å²) in [5.74, 6) is 1.15. The van der Waals surface area contributed by atoms with Gasteiger partial charge in [0.15, 0.2) is 0 Å². The second-order valence-corrected chi connectivity index (χ2v) is 8.04. The smallest absolute Gasteiger partial charge is 0.224 e. The van der Waals surface area contributed by atoms with E-state index in [4.69, 9.17) is 16.3 Å². The highest BCUT2D eigenvalue weighted by molar-refractivity contribution is 6.31. The van der Waals surface area contributed by atoms with Crippen LogP contribution in [0.25, 0.3) is 0 Å². The third kappa shape index (κ3) is 6.76. The van der Waals surface area contributed by atoms with Crippen molar-refractivity contribution < 1.29 is 9.53 Å². The second-order valence-electron chi connectivity index (χ2n) is 7.64. The number of ether oxygens (including phenoxy) is 1. The zero-order valence-electron chi connectivity index (χ0n) is 17.2. The summed E-state index contributed by atoms with van der Waals surface area (Å²) in [5.41, 5.74) is 2.40. The number of likely N-dealkylation sites (tertiary alicyclic amines) is 1. The Morgan fingerprint density at radius 1 is 1.21 bits per heavy atom. The molecule has 0 aliphatic carbocycles. The average molecular weight is 415 g/mol. The lowest BCUT2D eigenvalue weighted by atomic mass is 9.96. The number of nitrogens with one attached hydrogen (secondary N) is 1. The lowest BCUT2D eigenvalue weighted by molar-refractivity contribution is -0.126. The van der Waals surface area contributed by atoms with E-state index < -0.39 is 0 Å². The number of amides is 1. The van der Waals surface area contributed by atoms with Crippen molar-refractivity contribution in [1.29, 1.82) is 0 Å². The average Bonchev–Trinajstić information content (AvgIpc) is 2.74. The van der Waals surface area contributed by atoms with E-state index in [0.29, 0.717) is 13.2 Å². The number of carbonyl (C=O) groups excluding carboxylic acids is 1. The predicted molar refractivity (Wildman–Crippen MR) is 118 cm³/mol. The molecule has 1 atom stereocenters. The van der Waals surface area contributed by atoms with E-state index in [-0.39, 0.29) is 11.8 Å². The minimum atomic E-state index is 0.0664. The van der Waals surface area contributed by atoms with Gasteiger partial charge in [0, 0.05) is 24.7 Å². The number of rotatable bonds is 9. The summed E-state index contributed by atoms with van der Waals surface area (Å²) in [4.78, 5) is 15.0. The van der Waals surface area contributed by atoms with Gasteiger partial charge in [-0.05, 0) is 68.5 Å². The topological polar surface area (TPSA) is 41.6 Å². The molecule has 1 N–H and O–H groups in total. The standard InChI is InChI=1S/C24H31ClN2O2/c1-2-29-22-13-11-19(12-14-22)7-5-15-26-24(28)21-9-6-16-27(18-21)17-20-8-3-4-10-23(20)25/h3-4,8,10-14,21H,2,5-7,9,15-18H2,1H3,(H,26,28). The van der Waals surface area contributed by atoms with Crippen molar-refractivity contribution in [1.82, 2.24) is 10.2 Å². The van der Waals surface area contributed by atoms with Crippen LogP contribution in [-0.4, -0.2) is 37.0 Å². The lowest BCUT2D eigenvalue weighted by Gasteiger charge is -2.32. The maximum absolute atomic E-state index is 12.6. The van der Waals surface area contributed by atoms with Crippen LogP contribution in [0.2, 0.25) is 5.02 Å². The normalized spacial score (nSPS) is 17.1. The second kappa shape index (κ2) is 11.2. The molecule has 29 heavy (non-hydrogen) atoms. The lowest BCUT2D eigenvalue weighted by Crippen LogP contribution is -2.43. The highest BCUT2D eigenvalue weighted by Gasteiger charge is 2.25. The van der Waals surface area contributed by atoms with E-state index in [1.165, 1.54) is 5.56 Å². The molecule has 5 heteroatoms. The Kier molecular flexibility index (Phi) is 8.38. The van der Waals surface area contributed by atoms with Gasteiger partial charge in [0.1, 0.15) is 5.75 Å². The number of carbonyl (C=O) groups is 1. The van der Waals surface area contributed by atoms with Gasteiger partial charge in [-0.25, -0.2) is 0 Å². The molecule has 4 nitrogen and oxygen atoms in total. The summed E-state index contributed by atoms with van der Waals surface area (Å²) in [7, 11) is 0. The Morgan fingerprint density at radius 3 is 2.76 bits per heavy atom. The highest BCUT2D eigenvalue weighted by Crippen LogP contribution is 2.22. The van der Waals surface area contributed by atoms with Gasteiger partial charge in [0.2, 0.25) is 5.91 Å². The predicted octanol–water partition coefficient (Wildman–Crippen LogP) is 4.70. The molecule has 1 fully saturated rings. The van der Waals surface area contributed by atoms with E-state index in [2.05, 4.69) is 28.4 Å². The summed E-state index contributed by atoms with van der Waals surface area (Å²) in [5, 5.41) is 3.93. The van der Waals surface area contributed by atoms with Crippen molar-refractivity contribution in [2.45, 2.75) is 39.2 Å². The molecule has 1 aliphatic rings. The molecule has 0 spiro atoms. The summed E-state index contributed by atoms with van der Waals surface area (Å²) >= 11 is 6.29. The molecule has 1 heterocycles. The van der Waals surface area contributed by atoms with Gasteiger partial charge < -0.3 is 10.1 Å². The number of hydrogen-bond donors (Lipinski definition) is 1. The minimum absolute atomic E-state index is 0.0664. The first-order valence-corrected chi connectivity index (χ1v) is 11.0. The van der Waals surface area contributed by atoms with Gasteiger partial charge in [-0.1, -0.05) is 41.9 Å². The number of benzene rings is 2. The van der Waals surface area contributed by atoms with Crippen LogP contribution in [0, 0.1) is 5.92 Å². The van der Waals surface area contributed by atoms with Crippen LogP contribution in [0.1, 0.15) is 37.3 Å². The number of aryl methyl sites for hydroxylation is 1. The maximum atomic E-state index is 12.6. The van der Waals surface area contributed by atoms with Gasteiger partial charge in [-0.3, -0.25) is 9.69 Å². The number of halogens is 1. The Bertz CT molecular complexity index is 779. The van der Waals surface area contributed by atoms with Crippen molar-refractivity contribution in [3.8, 4) is 5.75 Å².